The van der Waals surface area contributed by atoms with E-state index in [2.05, 4.69) is 0 Å². The Balaban J connectivity index is 2.17. The topological polar surface area (TPSA) is 26.0 Å². The molecule has 1 nitrogen and oxygen atoms in total. The Kier molecular flexibility index (Phi) is 3.82. The first-order valence-electron chi connectivity index (χ1n) is 6.63. The monoisotopic (exact) mass is 235 g/mol. The Morgan fingerprint density at radius 1 is 1.24 bits per heavy atom. The van der Waals surface area contributed by atoms with Crippen molar-refractivity contribution < 1.29 is 4.39 Å². The van der Waals surface area contributed by atoms with Crippen molar-refractivity contribution in [2.75, 3.05) is 0 Å². The lowest BCUT2D eigenvalue weighted by Crippen LogP contribution is -2.29. The zero-order valence-corrected chi connectivity index (χ0v) is 10.6. The molecule has 0 radical (unpaired) electrons. The molecule has 0 amide bonds. The van der Waals surface area contributed by atoms with Crippen LogP contribution in [0.15, 0.2) is 24.3 Å². The van der Waals surface area contributed by atoms with Gasteiger partial charge in [0.2, 0.25) is 0 Å². The molecule has 1 saturated carbocycles. The van der Waals surface area contributed by atoms with Crippen molar-refractivity contribution in [1.82, 2.24) is 0 Å². The van der Waals surface area contributed by atoms with Crippen LogP contribution >= 0.6 is 0 Å². The fraction of sp³-hybridized carbons (Fsp3) is 0.600. The van der Waals surface area contributed by atoms with Crippen LogP contribution < -0.4 is 5.73 Å². The molecule has 17 heavy (non-hydrogen) atoms. The van der Waals surface area contributed by atoms with Crippen LogP contribution in [-0.4, -0.2) is 5.67 Å². The maximum absolute atomic E-state index is 14.7. The van der Waals surface area contributed by atoms with E-state index in [4.69, 9.17) is 5.73 Å². The summed E-state index contributed by atoms with van der Waals surface area (Å²) >= 11 is 0. The summed E-state index contributed by atoms with van der Waals surface area (Å²) in [5.41, 5.74) is 7.13. The molecule has 1 aliphatic rings. The van der Waals surface area contributed by atoms with Gasteiger partial charge in [-0.3, -0.25) is 0 Å². The lowest BCUT2D eigenvalue weighted by Gasteiger charge is -2.30. The second-order valence-electron chi connectivity index (χ2n) is 5.38. The third kappa shape index (κ3) is 3.06. The van der Waals surface area contributed by atoms with Gasteiger partial charge in [0.05, 0.1) is 0 Å². The molecule has 1 aromatic carbocycles. The minimum Gasteiger partial charge on any atom is -0.324 e. The highest BCUT2D eigenvalue weighted by atomic mass is 19.1. The minimum atomic E-state index is -0.997. The molecule has 1 fully saturated rings. The van der Waals surface area contributed by atoms with Gasteiger partial charge in [-0.05, 0) is 30.9 Å². The molecule has 1 unspecified atom stereocenters. The van der Waals surface area contributed by atoms with Crippen LogP contribution in [0, 0.1) is 0 Å². The molecule has 0 aromatic heterocycles. The average molecular weight is 235 g/mol. The van der Waals surface area contributed by atoms with Crippen molar-refractivity contribution in [2.45, 2.75) is 57.2 Å². The smallest absolute Gasteiger partial charge is 0.115 e. The fourth-order valence-electron chi connectivity index (χ4n) is 2.84. The Morgan fingerprint density at radius 3 is 2.53 bits per heavy atom. The van der Waals surface area contributed by atoms with Crippen LogP contribution in [0.4, 0.5) is 4.39 Å². The van der Waals surface area contributed by atoms with Gasteiger partial charge in [-0.2, -0.15) is 0 Å². The molecule has 1 aromatic rings. The maximum atomic E-state index is 14.7. The van der Waals surface area contributed by atoms with E-state index in [1.54, 1.807) is 0 Å². The molecule has 0 spiro atoms. The van der Waals surface area contributed by atoms with E-state index in [1.807, 2.05) is 31.2 Å². The van der Waals surface area contributed by atoms with Crippen LogP contribution in [0.5, 0.6) is 0 Å². The molecule has 0 bridgehead atoms. The standard InChI is InChI=1S/C15H22FN/c1-12(17)14-8-4-3-7-13(14)11-15(16)9-5-2-6-10-15/h3-4,7-8,12H,2,5-6,9-11,17H2,1H3. The van der Waals surface area contributed by atoms with Crippen molar-refractivity contribution in [1.29, 1.82) is 0 Å². The van der Waals surface area contributed by atoms with Crippen molar-refractivity contribution in [3.05, 3.63) is 35.4 Å². The molecule has 0 saturated heterocycles. The number of rotatable bonds is 3. The highest BCUT2D eigenvalue weighted by Gasteiger charge is 2.32. The summed E-state index contributed by atoms with van der Waals surface area (Å²) in [4.78, 5) is 0. The Labute approximate surface area is 103 Å². The molecular weight excluding hydrogens is 213 g/mol. The lowest BCUT2D eigenvalue weighted by atomic mass is 9.80. The zero-order chi connectivity index (χ0) is 12.3. The largest absolute Gasteiger partial charge is 0.324 e. The number of alkyl halides is 1. The fourth-order valence-corrected chi connectivity index (χ4v) is 2.84. The van der Waals surface area contributed by atoms with Crippen molar-refractivity contribution in [3.8, 4) is 0 Å². The van der Waals surface area contributed by atoms with Gasteiger partial charge in [0.15, 0.2) is 0 Å². The van der Waals surface area contributed by atoms with E-state index in [-0.39, 0.29) is 6.04 Å². The van der Waals surface area contributed by atoms with Gasteiger partial charge in [0, 0.05) is 12.5 Å². The number of hydrogen-bond acceptors (Lipinski definition) is 1. The summed E-state index contributed by atoms with van der Waals surface area (Å²) in [6, 6.07) is 7.99. The second-order valence-corrected chi connectivity index (χ2v) is 5.38. The normalized spacial score (nSPS) is 21.1. The molecule has 1 atom stereocenters. The first kappa shape index (κ1) is 12.6. The van der Waals surface area contributed by atoms with Gasteiger partial charge in [0.25, 0.3) is 0 Å². The summed E-state index contributed by atoms with van der Waals surface area (Å²) in [5, 5.41) is 0. The first-order chi connectivity index (χ1) is 8.11. The minimum absolute atomic E-state index is 0.0154. The van der Waals surface area contributed by atoms with Crippen LogP contribution in [-0.2, 0) is 6.42 Å². The van der Waals surface area contributed by atoms with E-state index in [9.17, 15) is 4.39 Å². The summed E-state index contributed by atoms with van der Waals surface area (Å²) in [7, 11) is 0. The van der Waals surface area contributed by atoms with Gasteiger partial charge in [-0.25, -0.2) is 4.39 Å². The average Bonchev–Trinajstić information content (AvgIpc) is 2.29. The second kappa shape index (κ2) is 5.18. The van der Waals surface area contributed by atoms with Crippen molar-refractivity contribution in [3.63, 3.8) is 0 Å². The molecule has 2 N–H and O–H groups in total. The van der Waals surface area contributed by atoms with E-state index in [0.29, 0.717) is 19.3 Å². The number of nitrogens with two attached hydrogens (primary N) is 1. The van der Waals surface area contributed by atoms with Crippen LogP contribution in [0.1, 0.15) is 56.2 Å². The van der Waals surface area contributed by atoms with Gasteiger partial charge in [-0.1, -0.05) is 43.5 Å². The highest BCUT2D eigenvalue weighted by molar-refractivity contribution is 5.30. The predicted octanol–water partition coefficient (Wildman–Crippen LogP) is 3.92. The maximum Gasteiger partial charge on any atom is 0.115 e. The first-order valence-corrected chi connectivity index (χ1v) is 6.63. The van der Waals surface area contributed by atoms with E-state index >= 15 is 0 Å². The molecule has 0 aliphatic heterocycles. The SMILES string of the molecule is CC(N)c1ccccc1CC1(F)CCCCC1. The molecule has 1 aliphatic carbocycles. The third-order valence-electron chi connectivity index (χ3n) is 3.80. The van der Waals surface area contributed by atoms with Gasteiger partial charge < -0.3 is 5.73 Å². The van der Waals surface area contributed by atoms with Crippen LogP contribution in [0.3, 0.4) is 0 Å². The van der Waals surface area contributed by atoms with E-state index in [1.165, 1.54) is 6.42 Å². The summed E-state index contributed by atoms with van der Waals surface area (Å²) in [6.07, 6.45) is 5.18. The Morgan fingerprint density at radius 2 is 1.88 bits per heavy atom. The number of benzene rings is 1. The van der Waals surface area contributed by atoms with E-state index < -0.39 is 5.67 Å². The summed E-state index contributed by atoms with van der Waals surface area (Å²) in [5.74, 6) is 0. The van der Waals surface area contributed by atoms with Crippen LogP contribution in [0.25, 0.3) is 0 Å². The molecule has 0 heterocycles. The summed E-state index contributed by atoms with van der Waals surface area (Å²) in [6.45, 7) is 1.96. The Bertz CT molecular complexity index is 367. The van der Waals surface area contributed by atoms with Crippen LogP contribution in [0.2, 0.25) is 0 Å². The van der Waals surface area contributed by atoms with Gasteiger partial charge >= 0.3 is 0 Å². The lowest BCUT2D eigenvalue weighted by molar-refractivity contribution is 0.107. The number of hydrogen-bond donors (Lipinski definition) is 1. The van der Waals surface area contributed by atoms with Crippen molar-refractivity contribution in [2.24, 2.45) is 5.73 Å². The highest BCUT2D eigenvalue weighted by Crippen LogP contribution is 2.35. The Hall–Kier alpha value is -0.890. The van der Waals surface area contributed by atoms with Gasteiger partial charge in [0.1, 0.15) is 5.67 Å². The zero-order valence-electron chi connectivity index (χ0n) is 10.6. The molecule has 94 valence electrons. The quantitative estimate of drug-likeness (QED) is 0.844. The van der Waals surface area contributed by atoms with Crippen molar-refractivity contribution >= 4 is 0 Å². The molecular formula is C15H22FN. The number of halogens is 1. The third-order valence-corrected chi connectivity index (χ3v) is 3.80. The molecule has 2 heteroatoms. The predicted molar refractivity (Wildman–Crippen MR) is 69.7 cm³/mol. The molecule has 2 rings (SSSR count). The van der Waals surface area contributed by atoms with E-state index in [0.717, 1.165) is 24.0 Å². The summed E-state index contributed by atoms with van der Waals surface area (Å²) < 4.78 is 14.7. The van der Waals surface area contributed by atoms with Gasteiger partial charge in [-0.15, -0.1) is 0 Å².